The van der Waals surface area contributed by atoms with Gasteiger partial charge in [-0.15, -0.1) is 0 Å². The summed E-state index contributed by atoms with van der Waals surface area (Å²) in [7, 11) is 0. The maximum Gasteiger partial charge on any atom is 0.264 e. The third-order valence-corrected chi connectivity index (χ3v) is 6.90. The van der Waals surface area contributed by atoms with Crippen LogP contribution in [-0.4, -0.2) is 17.1 Å². The van der Waals surface area contributed by atoms with Crippen LogP contribution in [0.15, 0.2) is 89.5 Å². The van der Waals surface area contributed by atoms with Gasteiger partial charge in [-0.05, 0) is 48.7 Å². The molecular formula is C27H22ClN3O2S. The maximum atomic E-state index is 13.5. The zero-order valence-electron chi connectivity index (χ0n) is 18.5. The SMILES string of the molecule is Cc1cccc(CC2S/C(=C(/C#N)C(=O)NCc3ccccc3)N(c3ccc(Cl)cc3)C2=O)c1. The number of carbonyl (C=O) groups excluding carboxylic acids is 2. The molecule has 1 aliphatic heterocycles. The van der Waals surface area contributed by atoms with E-state index in [1.807, 2.05) is 67.6 Å². The molecule has 1 aliphatic rings. The second-order valence-corrected chi connectivity index (χ2v) is 9.54. The van der Waals surface area contributed by atoms with Gasteiger partial charge < -0.3 is 5.32 Å². The van der Waals surface area contributed by atoms with Crippen LogP contribution in [0.1, 0.15) is 16.7 Å². The van der Waals surface area contributed by atoms with Gasteiger partial charge in [-0.1, -0.05) is 83.5 Å². The summed E-state index contributed by atoms with van der Waals surface area (Å²) < 4.78 is 0. The fourth-order valence-electron chi connectivity index (χ4n) is 3.73. The van der Waals surface area contributed by atoms with Gasteiger partial charge in [0.15, 0.2) is 0 Å². The number of aryl methyl sites for hydroxylation is 1. The van der Waals surface area contributed by atoms with E-state index in [9.17, 15) is 14.9 Å². The van der Waals surface area contributed by atoms with Gasteiger partial charge in [-0.25, -0.2) is 0 Å². The first kappa shape index (κ1) is 23.6. The minimum absolute atomic E-state index is 0.0871. The van der Waals surface area contributed by atoms with Gasteiger partial charge >= 0.3 is 0 Å². The molecule has 0 aromatic heterocycles. The lowest BCUT2D eigenvalue weighted by molar-refractivity contribution is -0.117. The number of carbonyl (C=O) groups is 2. The second-order valence-electron chi connectivity index (χ2n) is 7.91. The van der Waals surface area contributed by atoms with Crippen molar-refractivity contribution in [1.82, 2.24) is 5.32 Å². The molecular weight excluding hydrogens is 466 g/mol. The highest BCUT2D eigenvalue weighted by molar-refractivity contribution is 8.05. The van der Waals surface area contributed by atoms with Crippen LogP contribution in [0.3, 0.4) is 0 Å². The Bertz CT molecular complexity index is 1280. The van der Waals surface area contributed by atoms with Crippen molar-refractivity contribution in [2.75, 3.05) is 4.90 Å². The average Bonchev–Trinajstić information content (AvgIpc) is 3.15. The number of nitrogens with one attached hydrogen (secondary N) is 1. The molecule has 170 valence electrons. The zero-order chi connectivity index (χ0) is 24.1. The van der Waals surface area contributed by atoms with Gasteiger partial charge in [0.25, 0.3) is 5.91 Å². The molecule has 0 radical (unpaired) electrons. The summed E-state index contributed by atoms with van der Waals surface area (Å²) in [4.78, 5) is 28.0. The Morgan fingerprint density at radius 1 is 1.06 bits per heavy atom. The summed E-state index contributed by atoms with van der Waals surface area (Å²) in [6.45, 7) is 2.29. The Morgan fingerprint density at radius 3 is 2.44 bits per heavy atom. The molecule has 1 atom stereocenters. The first-order chi connectivity index (χ1) is 16.5. The van der Waals surface area contributed by atoms with Gasteiger partial charge in [0.2, 0.25) is 5.91 Å². The quantitative estimate of drug-likeness (QED) is 0.373. The van der Waals surface area contributed by atoms with E-state index in [1.54, 1.807) is 24.3 Å². The number of anilines is 1. The van der Waals surface area contributed by atoms with Gasteiger partial charge in [0, 0.05) is 17.3 Å². The van der Waals surface area contributed by atoms with Crippen LogP contribution < -0.4 is 10.2 Å². The molecule has 2 amide bonds. The van der Waals surface area contributed by atoms with Crippen molar-refractivity contribution in [3.05, 3.63) is 111 Å². The van der Waals surface area contributed by atoms with E-state index in [2.05, 4.69) is 5.32 Å². The Balaban J connectivity index is 1.67. The molecule has 1 fully saturated rings. The Labute approximate surface area is 208 Å². The van der Waals surface area contributed by atoms with Crippen LogP contribution in [0.5, 0.6) is 0 Å². The summed E-state index contributed by atoms with van der Waals surface area (Å²) >= 11 is 7.29. The molecule has 5 nitrogen and oxygen atoms in total. The minimum Gasteiger partial charge on any atom is -0.347 e. The third-order valence-electron chi connectivity index (χ3n) is 5.39. The monoisotopic (exact) mass is 487 g/mol. The summed E-state index contributed by atoms with van der Waals surface area (Å²) in [5.41, 5.74) is 3.52. The maximum absolute atomic E-state index is 13.5. The molecule has 0 bridgehead atoms. The lowest BCUT2D eigenvalue weighted by atomic mass is 10.1. The average molecular weight is 488 g/mol. The zero-order valence-corrected chi connectivity index (χ0v) is 20.1. The molecule has 3 aromatic carbocycles. The van der Waals surface area contributed by atoms with E-state index in [1.165, 1.54) is 16.7 Å². The molecule has 1 saturated heterocycles. The van der Waals surface area contributed by atoms with Gasteiger partial charge in [0.05, 0.1) is 5.25 Å². The van der Waals surface area contributed by atoms with Gasteiger partial charge in [-0.2, -0.15) is 5.26 Å². The van der Waals surface area contributed by atoms with Crippen molar-refractivity contribution < 1.29 is 9.59 Å². The standard InChI is InChI=1S/C27H22ClN3O2S/c1-18-6-5-9-20(14-18)15-24-26(33)31(22-12-10-21(28)11-13-22)27(34-24)23(16-29)25(32)30-17-19-7-3-2-4-8-19/h2-14,24H,15,17H2,1H3,(H,30,32)/b27-23-. The summed E-state index contributed by atoms with van der Waals surface area (Å²) in [6, 6.07) is 26.3. The van der Waals surface area contributed by atoms with E-state index in [0.717, 1.165) is 16.7 Å². The fourth-order valence-corrected chi connectivity index (χ4v) is 5.17. The molecule has 3 aromatic rings. The van der Waals surface area contributed by atoms with Crippen LogP contribution in [0.25, 0.3) is 0 Å². The number of halogens is 1. The van der Waals surface area contributed by atoms with Crippen molar-refractivity contribution in [1.29, 1.82) is 5.26 Å². The van der Waals surface area contributed by atoms with Crippen LogP contribution in [0, 0.1) is 18.3 Å². The molecule has 1 N–H and O–H groups in total. The second kappa shape index (κ2) is 10.6. The molecule has 1 unspecified atom stereocenters. The number of rotatable bonds is 6. The van der Waals surface area contributed by atoms with E-state index >= 15 is 0 Å². The molecule has 7 heteroatoms. The van der Waals surface area contributed by atoms with Crippen molar-refractivity contribution in [3.63, 3.8) is 0 Å². The lowest BCUT2D eigenvalue weighted by Crippen LogP contribution is -2.32. The van der Waals surface area contributed by atoms with E-state index < -0.39 is 11.2 Å². The summed E-state index contributed by atoms with van der Waals surface area (Å²) in [5, 5.41) is 13.1. The van der Waals surface area contributed by atoms with Crippen LogP contribution in [-0.2, 0) is 22.6 Å². The Morgan fingerprint density at radius 2 is 1.76 bits per heavy atom. The number of benzene rings is 3. The molecule has 1 heterocycles. The summed E-state index contributed by atoms with van der Waals surface area (Å²) in [6.07, 6.45) is 0.489. The fraction of sp³-hybridized carbons (Fsp3) is 0.148. The van der Waals surface area contributed by atoms with Crippen LogP contribution in [0.2, 0.25) is 5.02 Å². The lowest BCUT2D eigenvalue weighted by Gasteiger charge is -2.19. The highest BCUT2D eigenvalue weighted by atomic mass is 35.5. The first-order valence-electron chi connectivity index (χ1n) is 10.7. The molecule has 4 rings (SSSR count). The first-order valence-corrected chi connectivity index (χ1v) is 12.0. The molecule has 0 aliphatic carbocycles. The van der Waals surface area contributed by atoms with Crippen molar-refractivity contribution in [2.24, 2.45) is 0 Å². The minimum atomic E-state index is -0.517. The van der Waals surface area contributed by atoms with Gasteiger partial charge in [-0.3, -0.25) is 14.5 Å². The molecule has 34 heavy (non-hydrogen) atoms. The van der Waals surface area contributed by atoms with Gasteiger partial charge in [0.1, 0.15) is 16.7 Å². The number of nitrogens with zero attached hydrogens (tertiary/aromatic N) is 2. The van der Waals surface area contributed by atoms with E-state index in [0.29, 0.717) is 22.2 Å². The van der Waals surface area contributed by atoms with E-state index in [4.69, 9.17) is 11.6 Å². The Hall–Kier alpha value is -3.53. The predicted octanol–water partition coefficient (Wildman–Crippen LogP) is 5.39. The normalized spacial score (nSPS) is 16.8. The number of nitriles is 1. The third kappa shape index (κ3) is 5.33. The molecule has 0 saturated carbocycles. The van der Waals surface area contributed by atoms with Crippen molar-refractivity contribution >= 4 is 40.9 Å². The number of hydrogen-bond acceptors (Lipinski definition) is 4. The van der Waals surface area contributed by atoms with Crippen LogP contribution >= 0.6 is 23.4 Å². The van der Waals surface area contributed by atoms with Crippen LogP contribution in [0.4, 0.5) is 5.69 Å². The highest BCUT2D eigenvalue weighted by Gasteiger charge is 2.40. The number of hydrogen-bond donors (Lipinski definition) is 1. The number of amides is 2. The predicted molar refractivity (Wildman–Crippen MR) is 136 cm³/mol. The highest BCUT2D eigenvalue weighted by Crippen LogP contribution is 2.42. The van der Waals surface area contributed by atoms with Crippen molar-refractivity contribution in [2.45, 2.75) is 25.1 Å². The number of thioether (sulfide) groups is 1. The molecule has 0 spiro atoms. The van der Waals surface area contributed by atoms with E-state index in [-0.39, 0.29) is 18.0 Å². The topological polar surface area (TPSA) is 73.2 Å². The largest absolute Gasteiger partial charge is 0.347 e. The summed E-state index contributed by atoms with van der Waals surface area (Å²) in [5.74, 6) is -0.690. The Kier molecular flexibility index (Phi) is 7.36. The van der Waals surface area contributed by atoms with Crippen molar-refractivity contribution in [3.8, 4) is 6.07 Å². The smallest absolute Gasteiger partial charge is 0.264 e.